The van der Waals surface area contributed by atoms with Crippen molar-refractivity contribution in [2.45, 2.75) is 13.8 Å². The molecule has 174 valence electrons. The number of hydrogen-bond acceptors (Lipinski definition) is 6. The predicted octanol–water partition coefficient (Wildman–Crippen LogP) is 6.38. The second-order valence-electron chi connectivity index (χ2n) is 7.74. The summed E-state index contributed by atoms with van der Waals surface area (Å²) in [4.78, 5) is 31.4. The number of nitriles is 1. The number of para-hydroxylation sites is 1. The van der Waals surface area contributed by atoms with E-state index in [9.17, 15) is 14.0 Å². The van der Waals surface area contributed by atoms with Crippen molar-refractivity contribution < 1.29 is 18.7 Å². The van der Waals surface area contributed by atoms with Crippen LogP contribution >= 0.6 is 11.3 Å². The van der Waals surface area contributed by atoms with E-state index >= 15 is 0 Å². The Kier molecular flexibility index (Phi) is 6.71. The van der Waals surface area contributed by atoms with Crippen LogP contribution in [0.2, 0.25) is 0 Å². The summed E-state index contributed by atoms with van der Waals surface area (Å²) < 4.78 is 18.4. The number of thiophene rings is 1. The molecule has 0 saturated heterocycles. The van der Waals surface area contributed by atoms with E-state index in [0.717, 1.165) is 0 Å². The highest BCUT2D eigenvalue weighted by molar-refractivity contribution is 7.18. The molecule has 0 atom stereocenters. The van der Waals surface area contributed by atoms with Gasteiger partial charge in [0.05, 0.1) is 35.5 Å². The van der Waals surface area contributed by atoms with Crippen LogP contribution in [0.25, 0.3) is 27.7 Å². The van der Waals surface area contributed by atoms with E-state index < -0.39 is 11.9 Å². The van der Waals surface area contributed by atoms with Gasteiger partial charge in [0.2, 0.25) is 0 Å². The summed E-state index contributed by atoms with van der Waals surface area (Å²) in [7, 11) is 1.27. The van der Waals surface area contributed by atoms with E-state index in [1.54, 1.807) is 44.2 Å². The van der Waals surface area contributed by atoms with E-state index in [0.29, 0.717) is 48.7 Å². The molecule has 0 fully saturated rings. The Morgan fingerprint density at radius 3 is 2.57 bits per heavy atom. The zero-order valence-corrected chi connectivity index (χ0v) is 20.0. The van der Waals surface area contributed by atoms with Gasteiger partial charge in [0.1, 0.15) is 10.8 Å². The summed E-state index contributed by atoms with van der Waals surface area (Å²) in [6.45, 7) is 3.51. The normalized spacial score (nSPS) is 11.2. The van der Waals surface area contributed by atoms with Gasteiger partial charge < -0.3 is 10.1 Å². The third-order valence-corrected chi connectivity index (χ3v) is 6.85. The maximum Gasteiger partial charge on any atom is 0.341 e. The summed E-state index contributed by atoms with van der Waals surface area (Å²) in [5.74, 6) is -1.39. The fourth-order valence-corrected chi connectivity index (χ4v) is 4.95. The van der Waals surface area contributed by atoms with Crippen LogP contribution in [0.3, 0.4) is 0 Å². The molecule has 4 aromatic rings. The number of benzene rings is 2. The van der Waals surface area contributed by atoms with Crippen molar-refractivity contribution in [2.75, 3.05) is 12.4 Å². The summed E-state index contributed by atoms with van der Waals surface area (Å²) in [5.41, 5.74) is 3.65. The number of esters is 1. The fourth-order valence-electron chi connectivity index (χ4n) is 3.79. The van der Waals surface area contributed by atoms with Crippen molar-refractivity contribution in [3.63, 3.8) is 0 Å². The van der Waals surface area contributed by atoms with Crippen LogP contribution in [0.5, 0.6) is 0 Å². The van der Waals surface area contributed by atoms with Crippen LogP contribution in [0.15, 0.2) is 60.7 Å². The minimum Gasteiger partial charge on any atom is -0.465 e. The standard InChI is InChI=1S/C27H20FN3O3S/c1-15(12-13-29)24-16(2)23(27(33)34-3)26(35-24)31-25(32)20-14-22(17-8-10-18(28)11-9-17)30-21-7-5-4-6-19(20)21/h4-12,14H,1-3H3,(H,31,32). The van der Waals surface area contributed by atoms with E-state index in [2.05, 4.69) is 10.3 Å². The number of allylic oxidation sites excluding steroid dienone is 2. The molecular weight excluding hydrogens is 465 g/mol. The molecule has 4 rings (SSSR count). The topological polar surface area (TPSA) is 92.1 Å². The van der Waals surface area contributed by atoms with Gasteiger partial charge in [0.25, 0.3) is 5.91 Å². The molecule has 0 unspecified atom stereocenters. The lowest BCUT2D eigenvalue weighted by Crippen LogP contribution is -2.15. The predicted molar refractivity (Wildman–Crippen MR) is 135 cm³/mol. The number of fused-ring (bicyclic) bond motifs is 1. The molecule has 1 amide bonds. The van der Waals surface area contributed by atoms with E-state index in [4.69, 9.17) is 10.00 Å². The molecule has 0 saturated carbocycles. The van der Waals surface area contributed by atoms with Gasteiger partial charge in [-0.2, -0.15) is 5.26 Å². The fraction of sp³-hybridized carbons (Fsp3) is 0.111. The molecule has 0 aliphatic heterocycles. The van der Waals surface area contributed by atoms with Gasteiger partial charge in [0, 0.05) is 21.9 Å². The van der Waals surface area contributed by atoms with Crippen molar-refractivity contribution in [3.05, 3.63) is 88.1 Å². The van der Waals surface area contributed by atoms with Crippen LogP contribution < -0.4 is 5.32 Å². The molecule has 8 heteroatoms. The smallest absolute Gasteiger partial charge is 0.341 e. The first-order chi connectivity index (χ1) is 16.8. The number of rotatable bonds is 5. The third-order valence-electron chi connectivity index (χ3n) is 5.50. The molecule has 0 aliphatic carbocycles. The number of pyridine rings is 1. The SMILES string of the molecule is COC(=O)c1c(NC(=O)c2cc(-c3ccc(F)cc3)nc3ccccc23)sc(C(C)=CC#N)c1C. The molecule has 0 aliphatic rings. The number of carbonyl (C=O) groups excluding carboxylic acids is 2. The first-order valence-corrected chi connectivity index (χ1v) is 11.4. The Morgan fingerprint density at radius 2 is 1.89 bits per heavy atom. The van der Waals surface area contributed by atoms with Gasteiger partial charge >= 0.3 is 5.97 Å². The molecule has 2 aromatic carbocycles. The lowest BCUT2D eigenvalue weighted by molar-refractivity contribution is 0.0601. The first kappa shape index (κ1) is 23.8. The van der Waals surface area contributed by atoms with E-state index in [-0.39, 0.29) is 11.4 Å². The number of amides is 1. The lowest BCUT2D eigenvalue weighted by atomic mass is 10.0. The van der Waals surface area contributed by atoms with Crippen LogP contribution in [0.4, 0.5) is 9.39 Å². The number of ether oxygens (including phenoxy) is 1. The van der Waals surface area contributed by atoms with Crippen LogP contribution in [-0.4, -0.2) is 24.0 Å². The lowest BCUT2D eigenvalue weighted by Gasteiger charge is -2.11. The first-order valence-electron chi connectivity index (χ1n) is 10.6. The number of carbonyl (C=O) groups is 2. The number of halogens is 1. The van der Waals surface area contributed by atoms with Crippen LogP contribution in [0, 0.1) is 24.1 Å². The molecule has 2 aromatic heterocycles. The molecule has 1 N–H and O–H groups in total. The summed E-state index contributed by atoms with van der Waals surface area (Å²) >= 11 is 1.20. The average Bonchev–Trinajstić information content (AvgIpc) is 3.19. The van der Waals surface area contributed by atoms with E-state index in [1.165, 1.54) is 36.7 Å². The summed E-state index contributed by atoms with van der Waals surface area (Å²) in [5, 5.41) is 12.9. The number of aromatic nitrogens is 1. The Balaban J connectivity index is 1.83. The minimum atomic E-state index is -0.586. The van der Waals surface area contributed by atoms with Crippen molar-refractivity contribution in [1.29, 1.82) is 5.26 Å². The summed E-state index contributed by atoms with van der Waals surface area (Å²) in [6, 6.07) is 16.7. The molecular formula is C27H20FN3O3S. The van der Waals surface area contributed by atoms with Crippen molar-refractivity contribution in [1.82, 2.24) is 4.98 Å². The summed E-state index contributed by atoms with van der Waals surface area (Å²) in [6.07, 6.45) is 1.39. The van der Waals surface area contributed by atoms with Gasteiger partial charge in [-0.05, 0) is 61.4 Å². The number of anilines is 1. The minimum absolute atomic E-state index is 0.239. The molecule has 0 spiro atoms. The van der Waals surface area contributed by atoms with Crippen molar-refractivity contribution >= 4 is 44.7 Å². The quantitative estimate of drug-likeness (QED) is 0.262. The third kappa shape index (κ3) is 4.67. The van der Waals surface area contributed by atoms with Crippen molar-refractivity contribution in [3.8, 4) is 17.3 Å². The maximum atomic E-state index is 13.5. The highest BCUT2D eigenvalue weighted by Crippen LogP contribution is 2.38. The average molecular weight is 486 g/mol. The Morgan fingerprint density at radius 1 is 1.17 bits per heavy atom. The molecule has 35 heavy (non-hydrogen) atoms. The number of nitrogens with one attached hydrogen (secondary N) is 1. The van der Waals surface area contributed by atoms with Gasteiger partial charge in [-0.25, -0.2) is 14.2 Å². The monoisotopic (exact) mass is 485 g/mol. The highest BCUT2D eigenvalue weighted by Gasteiger charge is 2.25. The zero-order valence-electron chi connectivity index (χ0n) is 19.2. The Hall–Kier alpha value is -4.35. The molecule has 6 nitrogen and oxygen atoms in total. The number of methoxy groups -OCH3 is 1. The van der Waals surface area contributed by atoms with E-state index in [1.807, 2.05) is 18.2 Å². The number of nitrogens with zero attached hydrogens (tertiary/aromatic N) is 2. The highest BCUT2D eigenvalue weighted by atomic mass is 32.1. The zero-order chi connectivity index (χ0) is 25.1. The molecule has 2 heterocycles. The second kappa shape index (κ2) is 9.87. The van der Waals surface area contributed by atoms with Gasteiger partial charge in [-0.15, -0.1) is 11.3 Å². The maximum absolute atomic E-state index is 13.5. The van der Waals surface area contributed by atoms with Gasteiger partial charge in [0.15, 0.2) is 0 Å². The molecule has 0 radical (unpaired) electrons. The second-order valence-corrected chi connectivity index (χ2v) is 8.76. The molecule has 0 bridgehead atoms. The van der Waals surface area contributed by atoms with Crippen LogP contribution in [0.1, 0.15) is 38.1 Å². The Labute approximate surface area is 205 Å². The van der Waals surface area contributed by atoms with Gasteiger partial charge in [-0.3, -0.25) is 4.79 Å². The van der Waals surface area contributed by atoms with Gasteiger partial charge in [-0.1, -0.05) is 18.2 Å². The number of hydrogen-bond donors (Lipinski definition) is 1. The Bertz CT molecular complexity index is 1530. The van der Waals surface area contributed by atoms with Crippen LogP contribution in [-0.2, 0) is 4.74 Å². The largest absolute Gasteiger partial charge is 0.465 e. The van der Waals surface area contributed by atoms with Crippen molar-refractivity contribution in [2.24, 2.45) is 0 Å².